The second-order valence-corrected chi connectivity index (χ2v) is 10.1. The van der Waals surface area contributed by atoms with Gasteiger partial charge in [-0.1, -0.05) is 126 Å². The minimum atomic E-state index is 0.865. The zero-order valence-electron chi connectivity index (χ0n) is 16.4. The van der Waals surface area contributed by atoms with Crippen molar-refractivity contribution in [2.24, 2.45) is 5.92 Å². The van der Waals surface area contributed by atoms with Crippen LogP contribution in [0.3, 0.4) is 0 Å². The van der Waals surface area contributed by atoms with E-state index in [9.17, 15) is 0 Å². The first kappa shape index (κ1) is 23.7. The summed E-state index contributed by atoms with van der Waals surface area (Å²) in [5.74, 6) is 3.56. The first-order valence-electron chi connectivity index (χ1n) is 10.5. The summed E-state index contributed by atoms with van der Waals surface area (Å²) in [6, 6.07) is 0. The lowest BCUT2D eigenvalue weighted by Gasteiger charge is -2.04. The number of rotatable bonds is 19. The quantitative estimate of drug-likeness (QED) is 0.166. The Morgan fingerprint density at radius 3 is 1.35 bits per heavy atom. The Balaban J connectivity index is 2.95. The summed E-state index contributed by atoms with van der Waals surface area (Å²) in [7, 11) is 4.18. The van der Waals surface area contributed by atoms with Gasteiger partial charge in [-0.15, -0.1) is 0 Å². The number of hydrogen-bond acceptors (Lipinski definition) is 2. The molecule has 0 saturated carbocycles. The third-order valence-electron chi connectivity index (χ3n) is 4.44. The highest BCUT2D eigenvalue weighted by molar-refractivity contribution is 8.76. The molecule has 0 N–H and O–H groups in total. The van der Waals surface area contributed by atoms with Crippen molar-refractivity contribution in [2.75, 3.05) is 11.5 Å². The minimum absolute atomic E-state index is 0.865. The maximum Gasteiger partial charge on any atom is 0.00393 e. The molecule has 0 nitrogen and oxygen atoms in total. The molecule has 2 heteroatoms. The van der Waals surface area contributed by atoms with Crippen molar-refractivity contribution in [2.45, 2.75) is 117 Å². The Bertz CT molecular complexity index is 204. The molecule has 0 saturated heterocycles. The Morgan fingerprint density at radius 1 is 0.522 bits per heavy atom. The lowest BCUT2D eigenvalue weighted by Crippen LogP contribution is -1.88. The van der Waals surface area contributed by atoms with Crippen LogP contribution in [0.1, 0.15) is 117 Å². The smallest absolute Gasteiger partial charge is 0.00393 e. The van der Waals surface area contributed by atoms with Crippen LogP contribution >= 0.6 is 21.6 Å². The zero-order chi connectivity index (χ0) is 17.0. The van der Waals surface area contributed by atoms with E-state index in [4.69, 9.17) is 0 Å². The van der Waals surface area contributed by atoms with Crippen LogP contribution in [0, 0.1) is 5.92 Å². The van der Waals surface area contributed by atoms with Crippen LogP contribution in [0.5, 0.6) is 0 Å². The lowest BCUT2D eigenvalue weighted by molar-refractivity contribution is 0.538. The summed E-state index contributed by atoms with van der Waals surface area (Å²) in [6.45, 7) is 6.93. The van der Waals surface area contributed by atoms with E-state index >= 15 is 0 Å². The Morgan fingerprint density at radius 2 is 0.913 bits per heavy atom. The van der Waals surface area contributed by atoms with Crippen molar-refractivity contribution in [3.63, 3.8) is 0 Å². The average Bonchev–Trinajstić information content (AvgIpc) is 2.53. The van der Waals surface area contributed by atoms with Crippen molar-refractivity contribution < 1.29 is 0 Å². The third kappa shape index (κ3) is 22.7. The summed E-state index contributed by atoms with van der Waals surface area (Å²) < 4.78 is 0. The van der Waals surface area contributed by atoms with Gasteiger partial charge in [-0.2, -0.15) is 0 Å². The standard InChI is InChI=1S/C21H44S2/c1-4-5-6-7-8-9-10-11-12-13-14-15-16-17-19-22-23-20-18-21(2)3/h21H,4-20H2,1-3H3. The molecule has 0 aromatic heterocycles. The first-order valence-corrected chi connectivity index (χ1v) is 13.0. The van der Waals surface area contributed by atoms with E-state index in [1.165, 1.54) is 108 Å². The monoisotopic (exact) mass is 360 g/mol. The highest BCUT2D eigenvalue weighted by atomic mass is 33.1. The molecule has 140 valence electrons. The van der Waals surface area contributed by atoms with E-state index in [2.05, 4.69) is 42.4 Å². The van der Waals surface area contributed by atoms with Gasteiger partial charge >= 0.3 is 0 Å². The fourth-order valence-electron chi connectivity index (χ4n) is 2.76. The number of hydrogen-bond donors (Lipinski definition) is 0. The van der Waals surface area contributed by atoms with Crippen molar-refractivity contribution in [3.05, 3.63) is 0 Å². The molecule has 0 fully saturated rings. The zero-order valence-corrected chi connectivity index (χ0v) is 18.0. The topological polar surface area (TPSA) is 0 Å². The predicted molar refractivity (Wildman–Crippen MR) is 115 cm³/mol. The normalized spacial score (nSPS) is 11.5. The van der Waals surface area contributed by atoms with Crippen molar-refractivity contribution in [1.82, 2.24) is 0 Å². The van der Waals surface area contributed by atoms with Gasteiger partial charge in [-0.05, 0) is 18.8 Å². The summed E-state index contributed by atoms with van der Waals surface area (Å²) in [5, 5.41) is 0. The molecule has 0 heterocycles. The fourth-order valence-corrected chi connectivity index (χ4v) is 5.23. The Kier molecular flexibility index (Phi) is 21.4. The van der Waals surface area contributed by atoms with Gasteiger partial charge in [0.1, 0.15) is 0 Å². The lowest BCUT2D eigenvalue weighted by atomic mass is 10.0. The molecule has 0 amide bonds. The summed E-state index contributed by atoms with van der Waals surface area (Å²) in [5.41, 5.74) is 0. The molecule has 0 aliphatic heterocycles. The fraction of sp³-hybridized carbons (Fsp3) is 1.00. The average molecular weight is 361 g/mol. The van der Waals surface area contributed by atoms with Gasteiger partial charge in [0.05, 0.1) is 0 Å². The third-order valence-corrected chi connectivity index (χ3v) is 6.97. The van der Waals surface area contributed by atoms with Crippen LogP contribution in [0.15, 0.2) is 0 Å². The molecule has 0 radical (unpaired) electrons. The molecule has 0 bridgehead atoms. The van der Waals surface area contributed by atoms with Gasteiger partial charge in [-0.3, -0.25) is 0 Å². The molecular weight excluding hydrogens is 316 g/mol. The molecular formula is C21H44S2. The van der Waals surface area contributed by atoms with Gasteiger partial charge in [0.25, 0.3) is 0 Å². The van der Waals surface area contributed by atoms with Gasteiger partial charge in [0, 0.05) is 11.5 Å². The largest absolute Gasteiger partial charge is 0.0942 e. The van der Waals surface area contributed by atoms with E-state index in [0.717, 1.165) is 5.92 Å². The second-order valence-electron chi connectivity index (χ2n) is 7.42. The highest BCUT2D eigenvalue weighted by Gasteiger charge is 1.96. The van der Waals surface area contributed by atoms with Crippen molar-refractivity contribution in [3.8, 4) is 0 Å². The molecule has 0 atom stereocenters. The van der Waals surface area contributed by atoms with E-state index in [1.54, 1.807) is 0 Å². The number of unbranched alkanes of at least 4 members (excludes halogenated alkanes) is 13. The molecule has 0 unspecified atom stereocenters. The van der Waals surface area contributed by atoms with E-state index in [0.29, 0.717) is 0 Å². The van der Waals surface area contributed by atoms with Crippen molar-refractivity contribution in [1.29, 1.82) is 0 Å². The summed E-state index contributed by atoms with van der Waals surface area (Å²) >= 11 is 0. The molecule has 0 aromatic rings. The second kappa shape index (κ2) is 20.7. The first-order chi connectivity index (χ1) is 11.3. The van der Waals surface area contributed by atoms with E-state index in [1.807, 2.05) is 0 Å². The Hall–Kier alpha value is 0.700. The molecule has 0 spiro atoms. The molecule has 0 aromatic carbocycles. The van der Waals surface area contributed by atoms with Crippen LogP contribution in [0.2, 0.25) is 0 Å². The SMILES string of the molecule is CCCCCCCCCCCCCCCCSSCCC(C)C. The van der Waals surface area contributed by atoms with Crippen LogP contribution in [-0.4, -0.2) is 11.5 Å². The van der Waals surface area contributed by atoms with E-state index in [-0.39, 0.29) is 0 Å². The molecule has 0 aliphatic carbocycles. The molecule has 0 rings (SSSR count). The minimum Gasteiger partial charge on any atom is -0.0942 e. The summed E-state index contributed by atoms with van der Waals surface area (Å²) in [4.78, 5) is 0. The van der Waals surface area contributed by atoms with Crippen molar-refractivity contribution >= 4 is 21.6 Å². The van der Waals surface area contributed by atoms with Crippen LogP contribution in [-0.2, 0) is 0 Å². The van der Waals surface area contributed by atoms with Crippen LogP contribution in [0.25, 0.3) is 0 Å². The maximum absolute atomic E-state index is 2.32. The Labute approximate surface area is 156 Å². The van der Waals surface area contributed by atoms with Gasteiger partial charge in [-0.25, -0.2) is 0 Å². The van der Waals surface area contributed by atoms with Gasteiger partial charge in [0.15, 0.2) is 0 Å². The van der Waals surface area contributed by atoms with Gasteiger partial charge < -0.3 is 0 Å². The van der Waals surface area contributed by atoms with E-state index < -0.39 is 0 Å². The predicted octanol–water partition coefficient (Wildman–Crippen LogP) is 8.90. The molecule has 23 heavy (non-hydrogen) atoms. The van der Waals surface area contributed by atoms with Gasteiger partial charge in [0.2, 0.25) is 0 Å². The highest BCUT2D eigenvalue weighted by Crippen LogP contribution is 2.25. The van der Waals surface area contributed by atoms with Crippen LogP contribution in [0.4, 0.5) is 0 Å². The van der Waals surface area contributed by atoms with Crippen LogP contribution < -0.4 is 0 Å². The summed E-state index contributed by atoms with van der Waals surface area (Å²) in [6.07, 6.45) is 21.8. The molecule has 0 aliphatic rings. The maximum atomic E-state index is 2.32.